The molecule has 1 aliphatic heterocycles. The van der Waals surface area contributed by atoms with Crippen molar-refractivity contribution < 1.29 is 0 Å². The van der Waals surface area contributed by atoms with Crippen LogP contribution in [0.3, 0.4) is 0 Å². The van der Waals surface area contributed by atoms with Crippen molar-refractivity contribution in [3.05, 3.63) is 30.1 Å². The fraction of sp³-hybridized carbons (Fsp3) is 0.200. The molecule has 4 heteroatoms. The molecule has 3 rings (SSSR count). The largest absolute Gasteiger partial charge is 0.372 e. The van der Waals surface area contributed by atoms with Crippen LogP contribution in [-0.4, -0.2) is 16.6 Å². The minimum Gasteiger partial charge on any atom is -0.372 e. The van der Waals surface area contributed by atoms with E-state index in [4.69, 9.17) is 0 Å². The smallest absolute Gasteiger partial charge is 0.161 e. The van der Waals surface area contributed by atoms with Gasteiger partial charge in [-0.3, -0.25) is 5.32 Å². The topological polar surface area (TPSA) is 49.8 Å². The van der Waals surface area contributed by atoms with E-state index in [-0.39, 0.29) is 0 Å². The Morgan fingerprint density at radius 2 is 2.29 bits per heavy atom. The third-order valence-corrected chi connectivity index (χ3v) is 2.43. The summed E-state index contributed by atoms with van der Waals surface area (Å²) in [5, 5.41) is 7.65. The molecule has 0 bridgehead atoms. The van der Waals surface area contributed by atoms with Crippen molar-refractivity contribution in [2.24, 2.45) is 0 Å². The zero-order chi connectivity index (χ0) is 9.38. The van der Waals surface area contributed by atoms with Crippen molar-refractivity contribution in [2.75, 3.05) is 12.0 Å². The van der Waals surface area contributed by atoms with Gasteiger partial charge in [0.1, 0.15) is 0 Å². The molecule has 0 aromatic carbocycles. The second-order valence-electron chi connectivity index (χ2n) is 3.31. The Labute approximate surface area is 81.4 Å². The normalized spacial score (nSPS) is 14.9. The van der Waals surface area contributed by atoms with Crippen LogP contribution in [0, 0.1) is 0 Å². The van der Waals surface area contributed by atoms with E-state index in [1.165, 1.54) is 11.3 Å². The van der Waals surface area contributed by atoms with Crippen LogP contribution in [0.5, 0.6) is 0 Å². The van der Waals surface area contributed by atoms with Crippen molar-refractivity contribution in [3.63, 3.8) is 0 Å². The molecular weight excluding hydrogens is 176 g/mol. The number of pyridine rings is 2. The molecule has 14 heavy (non-hydrogen) atoms. The lowest BCUT2D eigenvalue weighted by Gasteiger charge is -2.19. The monoisotopic (exact) mass is 186 g/mol. The maximum absolute atomic E-state index is 4.30. The molecular formula is C10H10N4. The first-order valence-corrected chi connectivity index (χ1v) is 4.62. The highest BCUT2D eigenvalue weighted by molar-refractivity contribution is 5.90. The maximum atomic E-state index is 4.30. The van der Waals surface area contributed by atoms with Crippen LogP contribution < -0.4 is 10.6 Å². The third kappa shape index (κ3) is 1.04. The second kappa shape index (κ2) is 2.92. The van der Waals surface area contributed by atoms with E-state index in [0.717, 1.165) is 24.2 Å². The first-order valence-electron chi connectivity index (χ1n) is 4.62. The molecule has 2 aromatic rings. The van der Waals surface area contributed by atoms with Crippen LogP contribution in [-0.2, 0) is 6.54 Å². The van der Waals surface area contributed by atoms with E-state index >= 15 is 0 Å². The van der Waals surface area contributed by atoms with Gasteiger partial charge in [-0.05, 0) is 12.1 Å². The molecule has 3 heterocycles. The molecule has 0 saturated heterocycles. The van der Waals surface area contributed by atoms with Gasteiger partial charge in [-0.2, -0.15) is 0 Å². The molecule has 1 aliphatic rings. The fourth-order valence-electron chi connectivity index (χ4n) is 1.76. The van der Waals surface area contributed by atoms with Crippen LogP contribution >= 0.6 is 0 Å². The summed E-state index contributed by atoms with van der Waals surface area (Å²) in [6.07, 6.45) is 3.65. The first-order chi connectivity index (χ1) is 6.95. The quantitative estimate of drug-likeness (QED) is 0.647. The Balaban J connectivity index is 2.34. The summed E-state index contributed by atoms with van der Waals surface area (Å²) in [6.45, 7) is 1.68. The highest BCUT2D eigenvalue weighted by Crippen LogP contribution is 2.25. The number of fused-ring (bicyclic) bond motifs is 3. The molecule has 0 aliphatic carbocycles. The molecule has 0 atom stereocenters. The van der Waals surface area contributed by atoms with Gasteiger partial charge < -0.3 is 5.32 Å². The molecule has 0 amide bonds. The Hall–Kier alpha value is -1.68. The van der Waals surface area contributed by atoms with Crippen LogP contribution in [0.2, 0.25) is 0 Å². The summed E-state index contributed by atoms with van der Waals surface area (Å²) >= 11 is 0. The molecule has 0 unspecified atom stereocenters. The van der Waals surface area contributed by atoms with Gasteiger partial charge in [0.25, 0.3) is 0 Å². The van der Waals surface area contributed by atoms with E-state index in [0.29, 0.717) is 0 Å². The number of anilines is 1. The number of hydrogen-bond donors (Lipinski definition) is 2. The second-order valence-corrected chi connectivity index (χ2v) is 3.31. The minimum absolute atomic E-state index is 0.806. The van der Waals surface area contributed by atoms with Crippen LogP contribution in [0.15, 0.2) is 24.5 Å². The minimum atomic E-state index is 0.806. The number of hydrogen-bond acceptors (Lipinski definition) is 4. The SMILES string of the molecule is c1cnc2ncc3c(c2c1)NCNC3. The van der Waals surface area contributed by atoms with Crippen LogP contribution in [0.4, 0.5) is 5.69 Å². The third-order valence-electron chi connectivity index (χ3n) is 2.43. The lowest BCUT2D eigenvalue weighted by molar-refractivity contribution is 0.709. The van der Waals surface area contributed by atoms with Crippen molar-refractivity contribution in [1.29, 1.82) is 0 Å². The summed E-state index contributed by atoms with van der Waals surface area (Å²) in [5.74, 6) is 0. The lowest BCUT2D eigenvalue weighted by Crippen LogP contribution is -2.27. The summed E-state index contributed by atoms with van der Waals surface area (Å²) < 4.78 is 0. The molecule has 0 fully saturated rings. The molecule has 4 nitrogen and oxygen atoms in total. The van der Waals surface area contributed by atoms with E-state index in [9.17, 15) is 0 Å². The molecule has 0 radical (unpaired) electrons. The number of rotatable bonds is 0. The molecule has 0 spiro atoms. The Kier molecular flexibility index (Phi) is 1.61. The van der Waals surface area contributed by atoms with Gasteiger partial charge in [-0.1, -0.05) is 0 Å². The van der Waals surface area contributed by atoms with E-state index in [1.54, 1.807) is 6.20 Å². The maximum Gasteiger partial charge on any atom is 0.161 e. The molecule has 0 saturated carbocycles. The highest BCUT2D eigenvalue weighted by atomic mass is 15.1. The predicted molar refractivity (Wildman–Crippen MR) is 54.9 cm³/mol. The lowest BCUT2D eigenvalue weighted by atomic mass is 10.1. The Morgan fingerprint density at radius 1 is 1.29 bits per heavy atom. The van der Waals surface area contributed by atoms with Crippen molar-refractivity contribution in [1.82, 2.24) is 15.3 Å². The summed E-state index contributed by atoms with van der Waals surface area (Å²) in [6, 6.07) is 3.99. The van der Waals surface area contributed by atoms with E-state index in [1.807, 2.05) is 18.3 Å². The number of aromatic nitrogens is 2. The molecule has 70 valence electrons. The highest BCUT2D eigenvalue weighted by Gasteiger charge is 2.11. The van der Waals surface area contributed by atoms with Gasteiger partial charge >= 0.3 is 0 Å². The molecule has 2 N–H and O–H groups in total. The van der Waals surface area contributed by atoms with E-state index in [2.05, 4.69) is 20.6 Å². The van der Waals surface area contributed by atoms with Crippen molar-refractivity contribution in [2.45, 2.75) is 6.54 Å². The zero-order valence-electron chi connectivity index (χ0n) is 7.62. The van der Waals surface area contributed by atoms with E-state index < -0.39 is 0 Å². The number of nitrogens with zero attached hydrogens (tertiary/aromatic N) is 2. The van der Waals surface area contributed by atoms with Gasteiger partial charge in [0, 0.05) is 29.9 Å². The average molecular weight is 186 g/mol. The van der Waals surface area contributed by atoms with Gasteiger partial charge in [-0.15, -0.1) is 0 Å². The molecule has 2 aromatic heterocycles. The first kappa shape index (κ1) is 7.70. The Morgan fingerprint density at radius 3 is 3.29 bits per heavy atom. The van der Waals surface area contributed by atoms with Gasteiger partial charge in [-0.25, -0.2) is 9.97 Å². The Bertz CT molecular complexity index is 481. The summed E-state index contributed by atoms with van der Waals surface area (Å²) in [5.41, 5.74) is 3.18. The standard InChI is InChI=1S/C10H10N4/c1-2-8-9-7(4-11-6-14-9)5-13-10(8)12-3-1/h1-3,5,11,14H,4,6H2. The van der Waals surface area contributed by atoms with Gasteiger partial charge in [0.15, 0.2) is 5.65 Å². The zero-order valence-corrected chi connectivity index (χ0v) is 7.62. The van der Waals surface area contributed by atoms with Gasteiger partial charge in [0.2, 0.25) is 0 Å². The van der Waals surface area contributed by atoms with Crippen molar-refractivity contribution >= 4 is 16.7 Å². The summed E-state index contributed by atoms with van der Waals surface area (Å²) in [4.78, 5) is 8.52. The van der Waals surface area contributed by atoms with Crippen LogP contribution in [0.25, 0.3) is 11.0 Å². The average Bonchev–Trinajstić information content (AvgIpc) is 2.29. The predicted octanol–water partition coefficient (Wildman–Crippen LogP) is 1.10. The van der Waals surface area contributed by atoms with Crippen LogP contribution in [0.1, 0.15) is 5.56 Å². The fourth-order valence-corrected chi connectivity index (χ4v) is 1.76. The number of nitrogens with one attached hydrogen (secondary N) is 2. The summed E-state index contributed by atoms with van der Waals surface area (Å²) in [7, 11) is 0. The van der Waals surface area contributed by atoms with Gasteiger partial charge in [0.05, 0.1) is 12.4 Å². The van der Waals surface area contributed by atoms with Crippen molar-refractivity contribution in [3.8, 4) is 0 Å².